The van der Waals surface area contributed by atoms with Crippen molar-refractivity contribution in [1.82, 2.24) is 14.3 Å². The number of benzene rings is 2. The predicted octanol–water partition coefficient (Wildman–Crippen LogP) is 4.59. The molecule has 0 saturated carbocycles. The summed E-state index contributed by atoms with van der Waals surface area (Å²) in [7, 11) is -2.24. The summed E-state index contributed by atoms with van der Waals surface area (Å²) >= 11 is 0. The van der Waals surface area contributed by atoms with E-state index in [2.05, 4.69) is 26.8 Å². The van der Waals surface area contributed by atoms with E-state index >= 15 is 0 Å². The second-order valence-corrected chi connectivity index (χ2v) is 11.9. The van der Waals surface area contributed by atoms with Crippen molar-refractivity contribution in [2.45, 2.75) is 38.5 Å². The molecule has 0 spiro atoms. The largest absolute Gasteiger partial charge is 0.493 e. The summed E-state index contributed by atoms with van der Waals surface area (Å²) in [6.07, 6.45) is 1.16. The van der Waals surface area contributed by atoms with Crippen LogP contribution in [0.5, 0.6) is 5.75 Å². The standard InChI is InChI=1S/C30H38N6O4S/c1-6-8-25(31)27-28(32-5)30(37)34-29(33-27)24-19-23(13-14-26(24)40-7-2)41(38,39)36-17-15-35(16-18-36)22-11-9-21(10-12-22)20(3)4/h9-14,19,31-32H,3,6-8,15-18H2,1-2,4-5H3,(H,33,34,37). The average Bonchev–Trinajstić information content (AvgIpc) is 2.97. The normalized spacial score (nSPS) is 14.1. The van der Waals surface area contributed by atoms with E-state index in [0.717, 1.165) is 23.2 Å². The number of aromatic nitrogens is 2. The highest BCUT2D eigenvalue weighted by Crippen LogP contribution is 2.32. The first-order valence-corrected chi connectivity index (χ1v) is 15.2. The van der Waals surface area contributed by atoms with Crippen LogP contribution in [0.15, 0.2) is 58.7 Å². The number of rotatable bonds is 11. The van der Waals surface area contributed by atoms with E-state index in [1.54, 1.807) is 13.1 Å². The number of piperazine rings is 1. The second-order valence-electron chi connectivity index (χ2n) is 9.93. The predicted molar refractivity (Wildman–Crippen MR) is 165 cm³/mol. The zero-order chi connectivity index (χ0) is 29.7. The highest BCUT2D eigenvalue weighted by Gasteiger charge is 2.30. The van der Waals surface area contributed by atoms with Crippen LogP contribution in [0.25, 0.3) is 17.0 Å². The third kappa shape index (κ3) is 6.36. The molecular weight excluding hydrogens is 540 g/mol. The summed E-state index contributed by atoms with van der Waals surface area (Å²) in [6.45, 7) is 11.8. The van der Waals surface area contributed by atoms with Gasteiger partial charge in [0, 0.05) is 38.9 Å². The Bertz CT molecular complexity index is 1590. The van der Waals surface area contributed by atoms with Crippen molar-refractivity contribution < 1.29 is 13.2 Å². The minimum atomic E-state index is -3.84. The minimum absolute atomic E-state index is 0.0840. The number of aromatic amines is 1. The molecule has 1 aliphatic heterocycles. The molecule has 0 radical (unpaired) electrons. The third-order valence-corrected chi connectivity index (χ3v) is 8.96. The number of allylic oxidation sites excluding steroid dienone is 1. The van der Waals surface area contributed by atoms with E-state index in [9.17, 15) is 13.2 Å². The zero-order valence-electron chi connectivity index (χ0n) is 24.1. The van der Waals surface area contributed by atoms with Gasteiger partial charge in [0.1, 0.15) is 23.0 Å². The lowest BCUT2D eigenvalue weighted by Gasteiger charge is -2.35. The SMILES string of the molecule is C=C(C)c1ccc(N2CCN(S(=O)(=O)c3ccc(OCC)c(-c4nc(C(=N)CCC)c(NC)c(=O)[nH]4)c3)CC2)cc1. The number of nitrogens with one attached hydrogen (secondary N) is 3. The molecule has 41 heavy (non-hydrogen) atoms. The highest BCUT2D eigenvalue weighted by molar-refractivity contribution is 7.89. The number of H-pyrrole nitrogens is 1. The van der Waals surface area contributed by atoms with Gasteiger partial charge < -0.3 is 25.3 Å². The van der Waals surface area contributed by atoms with E-state index < -0.39 is 15.6 Å². The van der Waals surface area contributed by atoms with Crippen LogP contribution in [0.2, 0.25) is 0 Å². The molecule has 218 valence electrons. The Hall–Kier alpha value is -3.96. The molecule has 4 rings (SSSR count). The van der Waals surface area contributed by atoms with Crippen molar-refractivity contribution in [2.75, 3.05) is 50.1 Å². The molecule has 3 N–H and O–H groups in total. The number of hydrogen-bond donors (Lipinski definition) is 3. The van der Waals surface area contributed by atoms with Gasteiger partial charge in [-0.2, -0.15) is 4.31 Å². The van der Waals surface area contributed by atoms with E-state index in [1.807, 2.05) is 45.0 Å². The Balaban J connectivity index is 1.65. The Kier molecular flexibility index (Phi) is 9.29. The van der Waals surface area contributed by atoms with Gasteiger partial charge in [0.25, 0.3) is 5.56 Å². The maximum atomic E-state index is 13.8. The highest BCUT2D eigenvalue weighted by atomic mass is 32.2. The van der Waals surface area contributed by atoms with Crippen molar-refractivity contribution in [3.63, 3.8) is 0 Å². The molecule has 0 unspecified atom stereocenters. The van der Waals surface area contributed by atoms with Gasteiger partial charge in [-0.1, -0.05) is 37.6 Å². The number of sulfonamides is 1. The fourth-order valence-corrected chi connectivity index (χ4v) is 6.30. The summed E-state index contributed by atoms with van der Waals surface area (Å²) in [4.78, 5) is 22.5. The fourth-order valence-electron chi connectivity index (χ4n) is 4.85. The first kappa shape index (κ1) is 30.0. The lowest BCUT2D eigenvalue weighted by atomic mass is 10.1. The number of hydrogen-bond acceptors (Lipinski definition) is 8. The quantitative estimate of drug-likeness (QED) is 0.284. The van der Waals surface area contributed by atoms with Crippen LogP contribution in [0, 0.1) is 5.41 Å². The van der Waals surface area contributed by atoms with Crippen molar-refractivity contribution in [2.24, 2.45) is 0 Å². The summed E-state index contributed by atoms with van der Waals surface area (Å²) in [5.74, 6) is 0.538. The van der Waals surface area contributed by atoms with Crippen molar-refractivity contribution >= 4 is 32.7 Å². The minimum Gasteiger partial charge on any atom is -0.493 e. The van der Waals surface area contributed by atoms with Gasteiger partial charge in [0.2, 0.25) is 10.0 Å². The molecule has 1 aromatic heterocycles. The summed E-state index contributed by atoms with van der Waals surface area (Å²) in [6, 6.07) is 12.7. The Morgan fingerprint density at radius 3 is 2.39 bits per heavy atom. The molecule has 2 heterocycles. The van der Waals surface area contributed by atoms with Crippen molar-refractivity contribution in [3.8, 4) is 17.1 Å². The first-order valence-electron chi connectivity index (χ1n) is 13.8. The van der Waals surface area contributed by atoms with Gasteiger partial charge >= 0.3 is 0 Å². The van der Waals surface area contributed by atoms with E-state index in [0.29, 0.717) is 50.5 Å². The number of nitrogens with zero attached hydrogens (tertiary/aromatic N) is 3. The Morgan fingerprint density at radius 1 is 1.12 bits per heavy atom. The van der Waals surface area contributed by atoms with Crippen LogP contribution in [-0.2, 0) is 10.0 Å². The Morgan fingerprint density at radius 2 is 1.80 bits per heavy atom. The smallest absolute Gasteiger partial charge is 0.275 e. The van der Waals surface area contributed by atoms with E-state index in [-0.39, 0.29) is 27.8 Å². The van der Waals surface area contributed by atoms with Crippen molar-refractivity contribution in [3.05, 3.63) is 70.7 Å². The lowest BCUT2D eigenvalue weighted by Crippen LogP contribution is -2.48. The molecule has 11 heteroatoms. The molecule has 0 atom stereocenters. The van der Waals surface area contributed by atoms with Crippen LogP contribution in [0.1, 0.15) is 44.9 Å². The summed E-state index contributed by atoms with van der Waals surface area (Å²) in [5.41, 5.74) is 3.66. The van der Waals surface area contributed by atoms with Crippen LogP contribution in [0.3, 0.4) is 0 Å². The average molecular weight is 579 g/mol. The van der Waals surface area contributed by atoms with E-state index in [1.165, 1.54) is 16.4 Å². The molecule has 1 saturated heterocycles. The van der Waals surface area contributed by atoms with E-state index in [4.69, 9.17) is 10.1 Å². The molecule has 3 aromatic rings. The zero-order valence-corrected chi connectivity index (χ0v) is 24.9. The summed E-state index contributed by atoms with van der Waals surface area (Å²) < 4.78 is 34.8. The molecule has 0 aliphatic carbocycles. The number of anilines is 2. The van der Waals surface area contributed by atoms with Crippen LogP contribution >= 0.6 is 0 Å². The molecule has 1 fully saturated rings. The molecule has 0 bridgehead atoms. The molecular formula is C30H38N6O4S. The third-order valence-electron chi connectivity index (χ3n) is 7.06. The van der Waals surface area contributed by atoms with Gasteiger partial charge in [-0.25, -0.2) is 13.4 Å². The van der Waals surface area contributed by atoms with Crippen LogP contribution in [0.4, 0.5) is 11.4 Å². The van der Waals surface area contributed by atoms with Gasteiger partial charge in [0.15, 0.2) is 0 Å². The van der Waals surface area contributed by atoms with Crippen molar-refractivity contribution in [1.29, 1.82) is 5.41 Å². The number of ether oxygens (including phenoxy) is 1. The van der Waals surface area contributed by atoms with Gasteiger partial charge in [0.05, 0.1) is 22.8 Å². The summed E-state index contributed by atoms with van der Waals surface area (Å²) in [5, 5.41) is 11.3. The topological polar surface area (TPSA) is 131 Å². The molecule has 2 aromatic carbocycles. The van der Waals surface area contributed by atoms with Crippen LogP contribution < -0.4 is 20.5 Å². The molecule has 1 aliphatic rings. The fraction of sp³-hybridized carbons (Fsp3) is 0.367. The maximum absolute atomic E-state index is 13.8. The molecule has 0 amide bonds. The lowest BCUT2D eigenvalue weighted by molar-refractivity contribution is 0.341. The van der Waals surface area contributed by atoms with Crippen LogP contribution in [-0.4, -0.2) is 68.2 Å². The second kappa shape index (κ2) is 12.7. The monoisotopic (exact) mass is 578 g/mol. The van der Waals surface area contributed by atoms with Gasteiger partial charge in [-0.15, -0.1) is 0 Å². The molecule has 10 nitrogen and oxygen atoms in total. The Labute approximate surface area is 241 Å². The van der Waals surface area contributed by atoms with Gasteiger partial charge in [-0.3, -0.25) is 4.79 Å². The maximum Gasteiger partial charge on any atom is 0.275 e. The first-order chi connectivity index (χ1) is 19.6. The van der Waals surface area contributed by atoms with Gasteiger partial charge in [-0.05, 0) is 56.2 Å².